The van der Waals surface area contributed by atoms with Gasteiger partial charge in [-0.2, -0.15) is 10.4 Å². The Labute approximate surface area is 262 Å². The van der Waals surface area contributed by atoms with Gasteiger partial charge < -0.3 is 20.9 Å². The molecular formula is C32H39N9O4. The first kappa shape index (κ1) is 32.8. The molecule has 2 atom stereocenters. The highest BCUT2D eigenvalue weighted by molar-refractivity contribution is 5.94. The predicted octanol–water partition coefficient (Wildman–Crippen LogP) is 1.84. The van der Waals surface area contributed by atoms with Crippen LogP contribution in [0.3, 0.4) is 0 Å². The van der Waals surface area contributed by atoms with Crippen LogP contribution in [0.25, 0.3) is 0 Å². The van der Waals surface area contributed by atoms with Crippen molar-refractivity contribution in [3.8, 4) is 6.07 Å². The Morgan fingerprint density at radius 2 is 1.80 bits per heavy atom. The summed E-state index contributed by atoms with van der Waals surface area (Å²) < 4.78 is 1.50. The van der Waals surface area contributed by atoms with Gasteiger partial charge in [0, 0.05) is 38.7 Å². The SMILES string of the molecule is Cc1nc2n(n1)CC(=O)NCCCN(C(=O)c1ccc(C#N)nc1)CCCC(=O)N[C@H](Cc1ccccc1)C(=O)N[C@H]2C(C)C. The second-order valence-corrected chi connectivity index (χ2v) is 11.4. The molecule has 4 rings (SSSR count). The van der Waals surface area contributed by atoms with E-state index in [1.54, 1.807) is 17.9 Å². The minimum absolute atomic E-state index is 0.0891. The fourth-order valence-corrected chi connectivity index (χ4v) is 5.13. The highest BCUT2D eigenvalue weighted by atomic mass is 16.2. The van der Waals surface area contributed by atoms with Gasteiger partial charge in [-0.15, -0.1) is 0 Å². The first-order chi connectivity index (χ1) is 21.6. The van der Waals surface area contributed by atoms with E-state index < -0.39 is 12.1 Å². The van der Waals surface area contributed by atoms with Crippen molar-refractivity contribution in [2.75, 3.05) is 19.6 Å². The molecule has 3 N–H and O–H groups in total. The lowest BCUT2D eigenvalue weighted by Gasteiger charge is -2.26. The topological polar surface area (TPSA) is 175 Å². The number of hydrogen-bond acceptors (Lipinski definition) is 8. The Bertz CT molecular complexity index is 1530. The minimum atomic E-state index is -0.872. The number of amides is 4. The quantitative estimate of drug-likeness (QED) is 0.399. The van der Waals surface area contributed by atoms with Crippen LogP contribution in [0.1, 0.15) is 72.4 Å². The molecule has 0 spiro atoms. The lowest BCUT2D eigenvalue weighted by Crippen LogP contribution is -2.50. The molecule has 0 aliphatic carbocycles. The van der Waals surface area contributed by atoms with E-state index in [1.807, 2.05) is 50.2 Å². The molecule has 236 valence electrons. The van der Waals surface area contributed by atoms with Crippen molar-refractivity contribution in [1.82, 2.24) is 40.6 Å². The summed E-state index contributed by atoms with van der Waals surface area (Å²) in [5.74, 6) is -0.445. The second kappa shape index (κ2) is 15.6. The van der Waals surface area contributed by atoms with Crippen molar-refractivity contribution < 1.29 is 19.2 Å². The Kier molecular flexibility index (Phi) is 11.3. The molecule has 13 heteroatoms. The first-order valence-electron chi connectivity index (χ1n) is 15.1. The van der Waals surface area contributed by atoms with Gasteiger partial charge in [0.2, 0.25) is 17.7 Å². The van der Waals surface area contributed by atoms with Gasteiger partial charge in [0.05, 0.1) is 11.6 Å². The van der Waals surface area contributed by atoms with Gasteiger partial charge in [0.25, 0.3) is 5.91 Å². The molecule has 4 amide bonds. The zero-order valence-corrected chi connectivity index (χ0v) is 25.8. The van der Waals surface area contributed by atoms with Crippen LogP contribution >= 0.6 is 0 Å². The third kappa shape index (κ3) is 9.18. The first-order valence-corrected chi connectivity index (χ1v) is 15.1. The van der Waals surface area contributed by atoms with Crippen molar-refractivity contribution in [1.29, 1.82) is 5.26 Å². The van der Waals surface area contributed by atoms with Gasteiger partial charge in [0.1, 0.15) is 30.2 Å². The lowest BCUT2D eigenvalue weighted by molar-refractivity contribution is -0.129. The van der Waals surface area contributed by atoms with Gasteiger partial charge in [-0.1, -0.05) is 44.2 Å². The van der Waals surface area contributed by atoms with E-state index in [0.29, 0.717) is 43.1 Å². The molecule has 1 aliphatic heterocycles. The van der Waals surface area contributed by atoms with Crippen molar-refractivity contribution in [3.05, 3.63) is 77.1 Å². The number of benzene rings is 1. The maximum atomic E-state index is 13.8. The molecule has 2 aromatic heterocycles. The number of hydrogen-bond donors (Lipinski definition) is 3. The molecule has 0 bridgehead atoms. The van der Waals surface area contributed by atoms with Crippen molar-refractivity contribution in [3.63, 3.8) is 0 Å². The normalized spacial score (nSPS) is 18.9. The fraction of sp³-hybridized carbons (Fsp3) is 0.438. The molecule has 3 heterocycles. The van der Waals surface area contributed by atoms with E-state index in [-0.39, 0.29) is 61.2 Å². The number of nitriles is 1. The van der Waals surface area contributed by atoms with Crippen LogP contribution < -0.4 is 16.0 Å². The molecule has 13 nitrogen and oxygen atoms in total. The second-order valence-electron chi connectivity index (χ2n) is 11.4. The van der Waals surface area contributed by atoms with E-state index in [1.165, 1.54) is 16.9 Å². The molecule has 0 radical (unpaired) electrons. The minimum Gasteiger partial charge on any atom is -0.354 e. The van der Waals surface area contributed by atoms with E-state index >= 15 is 0 Å². The number of aromatic nitrogens is 4. The summed E-state index contributed by atoms with van der Waals surface area (Å²) in [5, 5.41) is 22.3. The molecule has 0 saturated heterocycles. The number of carbonyl (C=O) groups is 4. The summed E-state index contributed by atoms with van der Waals surface area (Å²) in [6.07, 6.45) is 2.54. The van der Waals surface area contributed by atoms with E-state index in [0.717, 1.165) is 5.56 Å². The highest BCUT2D eigenvalue weighted by Crippen LogP contribution is 2.21. The van der Waals surface area contributed by atoms with Crippen LogP contribution in [0, 0.1) is 24.2 Å². The summed E-state index contributed by atoms with van der Waals surface area (Å²) >= 11 is 0. The molecule has 3 aromatic rings. The maximum Gasteiger partial charge on any atom is 0.255 e. The number of nitrogens with zero attached hydrogens (tertiary/aromatic N) is 6. The highest BCUT2D eigenvalue weighted by Gasteiger charge is 2.30. The summed E-state index contributed by atoms with van der Waals surface area (Å²) in [7, 11) is 0. The number of carbonyl (C=O) groups excluding carboxylic acids is 4. The third-order valence-electron chi connectivity index (χ3n) is 7.45. The zero-order chi connectivity index (χ0) is 32.3. The number of aryl methyl sites for hydroxylation is 1. The monoisotopic (exact) mass is 613 g/mol. The zero-order valence-electron chi connectivity index (χ0n) is 25.8. The average Bonchev–Trinajstić information content (AvgIpc) is 3.38. The number of nitrogens with one attached hydrogen (secondary N) is 3. The van der Waals surface area contributed by atoms with Crippen LogP contribution in [-0.2, 0) is 27.3 Å². The summed E-state index contributed by atoms with van der Waals surface area (Å²) in [6, 6.07) is 12.9. The van der Waals surface area contributed by atoms with Crippen LogP contribution in [0.4, 0.5) is 0 Å². The molecule has 0 fully saturated rings. The van der Waals surface area contributed by atoms with E-state index in [4.69, 9.17) is 5.26 Å². The molecule has 45 heavy (non-hydrogen) atoms. The van der Waals surface area contributed by atoms with E-state index in [9.17, 15) is 19.2 Å². The van der Waals surface area contributed by atoms with E-state index in [2.05, 4.69) is 31.0 Å². The Morgan fingerprint density at radius 1 is 1.04 bits per heavy atom. The Hall–Kier alpha value is -5.12. The number of pyridine rings is 1. The van der Waals surface area contributed by atoms with Crippen LogP contribution in [0.5, 0.6) is 0 Å². The van der Waals surface area contributed by atoms with Gasteiger partial charge in [-0.05, 0) is 43.4 Å². The molecule has 1 aromatic carbocycles. The summed E-state index contributed by atoms with van der Waals surface area (Å²) in [5.41, 5.74) is 1.40. The Balaban J connectivity index is 1.60. The standard InChI is InChI=1S/C32H39N9O4/c1-21(2)29-30-36-22(3)39-41(30)20-28(43)34-14-8-16-40(32(45)24-12-13-25(18-33)35-19-24)15-7-11-27(42)37-26(31(44)38-29)17-23-9-5-4-6-10-23/h4-6,9-10,12-13,19,21,26,29H,7-8,11,14-17,20H2,1-3H3,(H,34,43)(H,37,42)(H,38,44)/t26-,29+/m1/s1. The van der Waals surface area contributed by atoms with Crippen LogP contribution in [0.2, 0.25) is 0 Å². The number of rotatable bonds is 4. The van der Waals surface area contributed by atoms with Crippen LogP contribution in [-0.4, -0.2) is 74.0 Å². The van der Waals surface area contributed by atoms with Crippen LogP contribution in [0.15, 0.2) is 48.7 Å². The average molecular weight is 614 g/mol. The molecule has 1 aliphatic rings. The largest absolute Gasteiger partial charge is 0.354 e. The predicted molar refractivity (Wildman–Crippen MR) is 164 cm³/mol. The lowest BCUT2D eigenvalue weighted by atomic mass is 10.0. The van der Waals surface area contributed by atoms with Gasteiger partial charge >= 0.3 is 0 Å². The van der Waals surface area contributed by atoms with Gasteiger partial charge in [0.15, 0.2) is 5.82 Å². The van der Waals surface area contributed by atoms with Crippen molar-refractivity contribution >= 4 is 23.6 Å². The van der Waals surface area contributed by atoms with Gasteiger partial charge in [-0.3, -0.25) is 19.2 Å². The maximum absolute atomic E-state index is 13.8. The van der Waals surface area contributed by atoms with Gasteiger partial charge in [-0.25, -0.2) is 14.6 Å². The third-order valence-corrected chi connectivity index (χ3v) is 7.45. The summed E-state index contributed by atoms with van der Waals surface area (Å²) in [4.78, 5) is 63.4. The van der Waals surface area contributed by atoms with Crippen molar-refractivity contribution in [2.45, 2.75) is 65.1 Å². The Morgan fingerprint density at radius 3 is 2.49 bits per heavy atom. The number of fused-ring (bicyclic) bond motifs is 1. The molecule has 0 unspecified atom stereocenters. The van der Waals surface area contributed by atoms with Crippen molar-refractivity contribution in [2.24, 2.45) is 5.92 Å². The fourth-order valence-electron chi connectivity index (χ4n) is 5.13. The molecule has 0 saturated carbocycles. The smallest absolute Gasteiger partial charge is 0.255 e. The summed E-state index contributed by atoms with van der Waals surface area (Å²) in [6.45, 7) is 6.41. The molecular weight excluding hydrogens is 574 g/mol.